The van der Waals surface area contributed by atoms with Gasteiger partial charge in [-0.15, -0.1) is 0 Å². The van der Waals surface area contributed by atoms with E-state index in [1.54, 1.807) is 14.1 Å². The molecule has 0 aliphatic carbocycles. The summed E-state index contributed by atoms with van der Waals surface area (Å²) >= 11 is 0. The normalized spacial score (nSPS) is 14.5. The fraction of sp³-hybridized carbons (Fsp3) is 0.462. The number of nitriles is 1. The molecule has 0 saturated carbocycles. The van der Waals surface area contributed by atoms with Crippen LogP contribution in [-0.2, 0) is 5.54 Å². The van der Waals surface area contributed by atoms with Gasteiger partial charge in [-0.05, 0) is 19.7 Å². The second-order valence-corrected chi connectivity index (χ2v) is 4.22. The minimum absolute atomic E-state index is 0.203. The Kier molecular flexibility index (Phi) is 5.20. The van der Waals surface area contributed by atoms with Crippen LogP contribution >= 0.6 is 0 Å². The van der Waals surface area contributed by atoms with E-state index in [1.807, 2.05) is 30.3 Å². The molecule has 0 aliphatic heterocycles. The van der Waals surface area contributed by atoms with Crippen molar-refractivity contribution in [3.63, 3.8) is 0 Å². The molecule has 0 aliphatic rings. The molecule has 1 atom stereocenters. The molecule has 98 valence electrons. The monoisotopic (exact) mass is 253 g/mol. The third-order valence-corrected chi connectivity index (χ3v) is 2.84. The fourth-order valence-corrected chi connectivity index (χ4v) is 1.90. The third-order valence-electron chi connectivity index (χ3n) is 2.84. The zero-order valence-corrected chi connectivity index (χ0v) is 10.5. The van der Waals surface area contributed by atoms with Crippen LogP contribution in [0.15, 0.2) is 30.3 Å². The predicted octanol–water partition coefficient (Wildman–Crippen LogP) is 1.82. The molecule has 5 heteroatoms. The number of hydrogen-bond acceptors (Lipinski definition) is 3. The Bertz CT molecular complexity index is 402. The SMILES string of the molecule is CNC(C#N)(CN(C)CC(F)F)c1ccccc1. The van der Waals surface area contributed by atoms with Crippen molar-refractivity contribution in [3.05, 3.63) is 35.9 Å². The first-order valence-electron chi connectivity index (χ1n) is 5.66. The van der Waals surface area contributed by atoms with Crippen LogP contribution in [0.1, 0.15) is 5.56 Å². The molecule has 0 saturated heterocycles. The highest BCUT2D eigenvalue weighted by Crippen LogP contribution is 2.21. The van der Waals surface area contributed by atoms with Crippen LogP contribution in [-0.4, -0.2) is 38.5 Å². The Morgan fingerprint density at radius 1 is 1.39 bits per heavy atom. The number of benzene rings is 1. The number of likely N-dealkylation sites (N-methyl/N-ethyl adjacent to an activating group) is 2. The number of rotatable bonds is 6. The molecule has 0 amide bonds. The first kappa shape index (κ1) is 14.6. The Labute approximate surface area is 106 Å². The van der Waals surface area contributed by atoms with Crippen molar-refractivity contribution >= 4 is 0 Å². The lowest BCUT2D eigenvalue weighted by atomic mass is 9.91. The highest BCUT2D eigenvalue weighted by Gasteiger charge is 2.32. The average molecular weight is 253 g/mol. The van der Waals surface area contributed by atoms with Crippen molar-refractivity contribution in [2.75, 3.05) is 27.2 Å². The van der Waals surface area contributed by atoms with Crippen molar-refractivity contribution in [1.29, 1.82) is 5.26 Å². The van der Waals surface area contributed by atoms with Crippen molar-refractivity contribution < 1.29 is 8.78 Å². The van der Waals surface area contributed by atoms with E-state index in [-0.39, 0.29) is 13.1 Å². The lowest BCUT2D eigenvalue weighted by Crippen LogP contribution is -2.48. The van der Waals surface area contributed by atoms with E-state index in [9.17, 15) is 14.0 Å². The lowest BCUT2D eigenvalue weighted by Gasteiger charge is -2.31. The van der Waals surface area contributed by atoms with Gasteiger partial charge in [0.25, 0.3) is 6.43 Å². The lowest BCUT2D eigenvalue weighted by molar-refractivity contribution is 0.0911. The molecule has 0 fully saturated rings. The standard InChI is InChI=1S/C13H17F2N3/c1-17-13(9-16,10-18(2)8-12(14)15)11-6-4-3-5-7-11/h3-7,12,17H,8,10H2,1-2H3. The molecule has 1 N–H and O–H groups in total. The van der Waals surface area contributed by atoms with Crippen molar-refractivity contribution in [3.8, 4) is 6.07 Å². The minimum atomic E-state index is -2.40. The average Bonchev–Trinajstić information content (AvgIpc) is 2.36. The maximum Gasteiger partial charge on any atom is 0.251 e. The number of halogens is 2. The van der Waals surface area contributed by atoms with Gasteiger partial charge in [-0.3, -0.25) is 10.2 Å². The first-order valence-corrected chi connectivity index (χ1v) is 5.66. The summed E-state index contributed by atoms with van der Waals surface area (Å²) in [5, 5.41) is 12.3. The van der Waals surface area contributed by atoms with E-state index in [0.29, 0.717) is 0 Å². The van der Waals surface area contributed by atoms with E-state index in [4.69, 9.17) is 0 Å². The summed E-state index contributed by atoms with van der Waals surface area (Å²) in [5.41, 5.74) is -0.193. The maximum absolute atomic E-state index is 12.3. The zero-order chi connectivity index (χ0) is 13.6. The minimum Gasteiger partial charge on any atom is -0.298 e. The predicted molar refractivity (Wildman–Crippen MR) is 66.3 cm³/mol. The second-order valence-electron chi connectivity index (χ2n) is 4.22. The molecule has 1 aromatic rings. The summed E-state index contributed by atoms with van der Waals surface area (Å²) in [6, 6.07) is 11.3. The molecule has 0 heterocycles. The van der Waals surface area contributed by atoms with Gasteiger partial charge >= 0.3 is 0 Å². The molecular weight excluding hydrogens is 236 g/mol. The van der Waals surface area contributed by atoms with Gasteiger partial charge in [-0.25, -0.2) is 8.78 Å². The van der Waals surface area contributed by atoms with E-state index in [0.717, 1.165) is 5.56 Å². The highest BCUT2D eigenvalue weighted by atomic mass is 19.3. The molecule has 18 heavy (non-hydrogen) atoms. The largest absolute Gasteiger partial charge is 0.298 e. The van der Waals surface area contributed by atoms with E-state index in [1.165, 1.54) is 4.90 Å². The second kappa shape index (κ2) is 6.43. The fourth-order valence-electron chi connectivity index (χ4n) is 1.90. The number of nitrogens with zero attached hydrogens (tertiary/aromatic N) is 2. The van der Waals surface area contributed by atoms with Crippen molar-refractivity contribution in [2.45, 2.75) is 12.0 Å². The maximum atomic E-state index is 12.3. The molecule has 0 bridgehead atoms. The molecule has 1 unspecified atom stereocenters. The summed E-state index contributed by atoms with van der Waals surface area (Å²) in [5.74, 6) is 0. The summed E-state index contributed by atoms with van der Waals surface area (Å²) < 4.78 is 24.7. The molecule has 3 nitrogen and oxygen atoms in total. The first-order chi connectivity index (χ1) is 8.54. The van der Waals surface area contributed by atoms with Crippen LogP contribution < -0.4 is 5.32 Å². The van der Waals surface area contributed by atoms with Gasteiger partial charge in [0.1, 0.15) is 5.54 Å². The molecule has 0 spiro atoms. The smallest absolute Gasteiger partial charge is 0.251 e. The number of hydrogen-bond donors (Lipinski definition) is 1. The quantitative estimate of drug-likeness (QED) is 0.840. The highest BCUT2D eigenvalue weighted by molar-refractivity contribution is 5.31. The van der Waals surface area contributed by atoms with Crippen LogP contribution in [0.2, 0.25) is 0 Å². The van der Waals surface area contributed by atoms with Gasteiger partial charge in [0.2, 0.25) is 0 Å². The van der Waals surface area contributed by atoms with Crippen LogP contribution in [0.5, 0.6) is 0 Å². The summed E-state index contributed by atoms with van der Waals surface area (Å²) in [7, 11) is 3.24. The van der Waals surface area contributed by atoms with Gasteiger partial charge in [0.05, 0.1) is 12.6 Å². The number of alkyl halides is 2. The van der Waals surface area contributed by atoms with Gasteiger partial charge < -0.3 is 0 Å². The van der Waals surface area contributed by atoms with Gasteiger partial charge in [0, 0.05) is 6.54 Å². The summed E-state index contributed by atoms with van der Waals surface area (Å²) in [6.07, 6.45) is -2.40. The zero-order valence-electron chi connectivity index (χ0n) is 10.5. The molecule has 0 aromatic heterocycles. The van der Waals surface area contributed by atoms with Crippen molar-refractivity contribution in [1.82, 2.24) is 10.2 Å². The Hall–Kier alpha value is -1.51. The van der Waals surface area contributed by atoms with Gasteiger partial charge in [-0.2, -0.15) is 5.26 Å². The van der Waals surface area contributed by atoms with Crippen LogP contribution in [0.3, 0.4) is 0 Å². The van der Waals surface area contributed by atoms with Crippen LogP contribution in [0, 0.1) is 11.3 Å². The van der Waals surface area contributed by atoms with Crippen LogP contribution in [0.25, 0.3) is 0 Å². The Morgan fingerprint density at radius 3 is 2.44 bits per heavy atom. The van der Waals surface area contributed by atoms with E-state index >= 15 is 0 Å². The summed E-state index contributed by atoms with van der Waals surface area (Å²) in [4.78, 5) is 1.46. The van der Waals surface area contributed by atoms with Crippen molar-refractivity contribution in [2.24, 2.45) is 0 Å². The van der Waals surface area contributed by atoms with E-state index < -0.39 is 12.0 Å². The third kappa shape index (κ3) is 3.49. The summed E-state index contributed by atoms with van der Waals surface area (Å²) in [6.45, 7) is -0.147. The molecular formula is C13H17F2N3. The Morgan fingerprint density at radius 2 is 2.00 bits per heavy atom. The number of nitrogens with one attached hydrogen (secondary N) is 1. The molecule has 0 radical (unpaired) electrons. The molecule has 1 aromatic carbocycles. The van der Waals surface area contributed by atoms with E-state index in [2.05, 4.69) is 11.4 Å². The topological polar surface area (TPSA) is 39.1 Å². The van der Waals surface area contributed by atoms with Gasteiger partial charge in [-0.1, -0.05) is 30.3 Å². The van der Waals surface area contributed by atoms with Gasteiger partial charge in [0.15, 0.2) is 0 Å². The van der Waals surface area contributed by atoms with Crippen LogP contribution in [0.4, 0.5) is 8.78 Å². The Balaban J connectivity index is 2.92. The molecule has 1 rings (SSSR count).